The number of ether oxygens (including phenoxy) is 1. The van der Waals surface area contributed by atoms with E-state index in [0.717, 1.165) is 10.6 Å². The van der Waals surface area contributed by atoms with E-state index in [9.17, 15) is 13.6 Å². The van der Waals surface area contributed by atoms with Gasteiger partial charge in [0.15, 0.2) is 0 Å². The Labute approximate surface area is 141 Å². The molecule has 5 nitrogen and oxygen atoms in total. The first kappa shape index (κ1) is 20.1. The lowest BCUT2D eigenvalue weighted by Crippen LogP contribution is -2.24. The molecule has 0 radical (unpaired) electrons. The van der Waals surface area contributed by atoms with E-state index in [0.29, 0.717) is 5.69 Å². The molecule has 0 fully saturated rings. The Morgan fingerprint density at radius 1 is 1.33 bits per heavy atom. The number of benzene rings is 1. The van der Waals surface area contributed by atoms with E-state index in [1.165, 1.54) is 13.2 Å². The van der Waals surface area contributed by atoms with Crippen molar-refractivity contribution < 1.29 is 18.3 Å². The highest BCUT2D eigenvalue weighted by Gasteiger charge is 2.19. The second-order valence-electron chi connectivity index (χ2n) is 5.78. The van der Waals surface area contributed by atoms with Crippen molar-refractivity contribution in [3.63, 3.8) is 0 Å². The quantitative estimate of drug-likeness (QED) is 0.432. The lowest BCUT2D eigenvalue weighted by atomic mass is 10.1. The van der Waals surface area contributed by atoms with Crippen LogP contribution in [-0.4, -0.2) is 30.5 Å². The summed E-state index contributed by atoms with van der Waals surface area (Å²) in [5.41, 5.74) is 1.20. The second-order valence-corrected chi connectivity index (χ2v) is 5.78. The molecular formula is C17H25F2N3O2. The number of para-hydroxylation sites is 1. The van der Waals surface area contributed by atoms with E-state index in [1.807, 2.05) is 32.9 Å². The predicted molar refractivity (Wildman–Crippen MR) is 90.4 cm³/mol. The number of carbonyl (C=O) groups is 1. The summed E-state index contributed by atoms with van der Waals surface area (Å²) >= 11 is 0. The number of hydrogen-bond donors (Lipinski definition) is 2. The third kappa shape index (κ3) is 6.64. The maximum Gasteiger partial charge on any atom is 0.253 e. The molecule has 0 heterocycles. The molecule has 1 unspecified atom stereocenters. The zero-order valence-corrected chi connectivity index (χ0v) is 14.4. The summed E-state index contributed by atoms with van der Waals surface area (Å²) < 4.78 is 31.1. The van der Waals surface area contributed by atoms with Gasteiger partial charge in [-0.15, -0.1) is 0 Å². The molecule has 0 aliphatic rings. The zero-order valence-electron chi connectivity index (χ0n) is 14.4. The maximum atomic E-state index is 12.7. The van der Waals surface area contributed by atoms with Gasteiger partial charge in [-0.25, -0.2) is 14.6 Å². The molecule has 0 aliphatic heterocycles. The van der Waals surface area contributed by atoms with Gasteiger partial charge in [-0.1, -0.05) is 18.2 Å². The average molecular weight is 341 g/mol. The highest BCUT2D eigenvalue weighted by atomic mass is 19.3. The number of halogens is 2. The summed E-state index contributed by atoms with van der Waals surface area (Å²) in [6.07, 6.45) is -2.35. The Morgan fingerprint density at radius 2 is 1.96 bits per heavy atom. The fraction of sp³-hybridized carbons (Fsp3) is 0.471. The van der Waals surface area contributed by atoms with Gasteiger partial charge < -0.3 is 15.1 Å². The van der Waals surface area contributed by atoms with Crippen LogP contribution >= 0.6 is 0 Å². The normalized spacial score (nSPS) is 13.3. The molecule has 1 rings (SSSR count). The van der Waals surface area contributed by atoms with Crippen LogP contribution in [0.5, 0.6) is 0 Å². The third-order valence-corrected chi connectivity index (χ3v) is 3.15. The van der Waals surface area contributed by atoms with Crippen LogP contribution in [0.1, 0.15) is 38.9 Å². The average Bonchev–Trinajstić information content (AvgIpc) is 2.45. The number of hydrazine groups is 1. The van der Waals surface area contributed by atoms with Gasteiger partial charge in [-0.3, -0.25) is 4.79 Å². The van der Waals surface area contributed by atoms with Gasteiger partial charge >= 0.3 is 0 Å². The summed E-state index contributed by atoms with van der Waals surface area (Å²) in [6, 6.07) is 7.12. The summed E-state index contributed by atoms with van der Waals surface area (Å²) in [6.45, 7) is 5.70. The van der Waals surface area contributed by atoms with Crippen molar-refractivity contribution in [1.29, 1.82) is 0 Å². The molecule has 7 heteroatoms. The molecule has 3 N–H and O–H groups in total. The number of carbonyl (C=O) groups excluding carboxylic acids is 1. The van der Waals surface area contributed by atoms with Gasteiger partial charge in [0.05, 0.1) is 12.2 Å². The van der Waals surface area contributed by atoms with Crippen molar-refractivity contribution in [2.24, 2.45) is 5.84 Å². The van der Waals surface area contributed by atoms with Gasteiger partial charge in [-0.05, 0) is 26.8 Å². The molecule has 1 atom stereocenters. The van der Waals surface area contributed by atoms with Gasteiger partial charge in [0.2, 0.25) is 6.43 Å². The van der Waals surface area contributed by atoms with Gasteiger partial charge in [0.1, 0.15) is 0 Å². The topological polar surface area (TPSA) is 67.6 Å². The van der Waals surface area contributed by atoms with E-state index in [-0.39, 0.29) is 17.8 Å². The van der Waals surface area contributed by atoms with Crippen molar-refractivity contribution >= 4 is 11.6 Å². The van der Waals surface area contributed by atoms with Gasteiger partial charge in [-0.2, -0.15) is 0 Å². The Kier molecular flexibility index (Phi) is 7.81. The van der Waals surface area contributed by atoms with Crippen molar-refractivity contribution in [3.8, 4) is 0 Å². The van der Waals surface area contributed by atoms with Crippen molar-refractivity contribution in [2.75, 3.05) is 12.4 Å². The second kappa shape index (κ2) is 9.34. The molecule has 134 valence electrons. The Balaban J connectivity index is 3.00. The van der Waals surface area contributed by atoms with E-state index in [2.05, 4.69) is 5.32 Å². The summed E-state index contributed by atoms with van der Waals surface area (Å²) in [5.74, 6) is 4.83. The molecule has 0 bridgehead atoms. The molecule has 0 saturated carbocycles. The van der Waals surface area contributed by atoms with Crippen molar-refractivity contribution in [3.05, 3.63) is 41.6 Å². The molecular weight excluding hydrogens is 316 g/mol. The molecule has 0 aromatic heterocycles. The molecule has 1 amide bonds. The molecule has 24 heavy (non-hydrogen) atoms. The monoisotopic (exact) mass is 341 g/mol. The van der Waals surface area contributed by atoms with Crippen LogP contribution in [0, 0.1) is 0 Å². The number of anilines is 1. The number of rotatable bonds is 8. The minimum absolute atomic E-state index is 0.0175. The summed E-state index contributed by atoms with van der Waals surface area (Å²) in [5, 5.41) is 3.75. The number of nitrogens with zero attached hydrogens (tertiary/aromatic N) is 1. The van der Waals surface area contributed by atoms with Crippen LogP contribution in [0.3, 0.4) is 0 Å². The summed E-state index contributed by atoms with van der Waals surface area (Å²) in [7, 11) is 1.46. The van der Waals surface area contributed by atoms with Crippen LogP contribution in [0.2, 0.25) is 0 Å². The van der Waals surface area contributed by atoms with Gasteiger partial charge in [0, 0.05) is 36.5 Å². The van der Waals surface area contributed by atoms with E-state index < -0.39 is 18.8 Å². The lowest BCUT2D eigenvalue weighted by Gasteiger charge is -2.20. The molecule has 0 spiro atoms. The number of nitrogens with two attached hydrogens (primary N) is 1. The maximum absolute atomic E-state index is 12.7. The number of amides is 1. The largest absolute Gasteiger partial charge is 0.371 e. The minimum atomic E-state index is -2.64. The van der Waals surface area contributed by atoms with Crippen LogP contribution < -0.4 is 11.2 Å². The standard InChI is InChI=1S/C17H25F2N3O2/c1-11(2)24-12(3)14-7-5-6-8-15(14)21-17(23)13(9-16(18)19)10-22(4)20/h5-8,10-12,16H,9,20H2,1-4H3,(H,21,23)/b13-10+. The number of hydrogen-bond acceptors (Lipinski definition) is 4. The highest BCUT2D eigenvalue weighted by Crippen LogP contribution is 2.27. The Morgan fingerprint density at radius 3 is 2.50 bits per heavy atom. The number of nitrogens with one attached hydrogen (secondary N) is 1. The smallest absolute Gasteiger partial charge is 0.253 e. The van der Waals surface area contributed by atoms with Crippen LogP contribution in [-0.2, 0) is 9.53 Å². The van der Waals surface area contributed by atoms with Crippen LogP contribution in [0.15, 0.2) is 36.0 Å². The first-order valence-electron chi connectivity index (χ1n) is 7.72. The SMILES string of the molecule is CC(C)OC(C)c1ccccc1NC(=O)/C(=C/N(C)N)CC(F)F. The van der Waals surface area contributed by atoms with Crippen molar-refractivity contribution in [2.45, 2.75) is 45.8 Å². The first-order chi connectivity index (χ1) is 11.2. The fourth-order valence-corrected chi connectivity index (χ4v) is 2.27. The predicted octanol–water partition coefficient (Wildman–Crippen LogP) is 3.46. The van der Waals surface area contributed by atoms with E-state index in [1.54, 1.807) is 12.1 Å². The third-order valence-electron chi connectivity index (χ3n) is 3.15. The van der Waals surface area contributed by atoms with Gasteiger partial charge in [0.25, 0.3) is 5.91 Å². The van der Waals surface area contributed by atoms with E-state index in [4.69, 9.17) is 10.6 Å². The Bertz CT molecular complexity index is 575. The summed E-state index contributed by atoms with van der Waals surface area (Å²) in [4.78, 5) is 12.3. The number of alkyl halides is 2. The lowest BCUT2D eigenvalue weighted by molar-refractivity contribution is -0.113. The molecule has 1 aromatic rings. The molecule has 0 aliphatic carbocycles. The highest BCUT2D eigenvalue weighted by molar-refractivity contribution is 6.04. The fourth-order valence-electron chi connectivity index (χ4n) is 2.27. The van der Waals surface area contributed by atoms with Crippen molar-refractivity contribution in [1.82, 2.24) is 5.01 Å². The molecule has 0 saturated heterocycles. The zero-order chi connectivity index (χ0) is 18.3. The Hall–Kier alpha value is -1.99. The minimum Gasteiger partial charge on any atom is -0.371 e. The van der Waals surface area contributed by atoms with Crippen LogP contribution in [0.25, 0.3) is 0 Å². The first-order valence-corrected chi connectivity index (χ1v) is 7.72. The van der Waals surface area contributed by atoms with Crippen LogP contribution in [0.4, 0.5) is 14.5 Å². The van der Waals surface area contributed by atoms with E-state index >= 15 is 0 Å². The molecule has 1 aromatic carbocycles.